The van der Waals surface area contributed by atoms with Gasteiger partial charge in [-0.2, -0.15) is 0 Å². The maximum absolute atomic E-state index is 5.90. The van der Waals surface area contributed by atoms with Crippen LogP contribution in [0.5, 0.6) is 5.75 Å². The van der Waals surface area contributed by atoms with Crippen molar-refractivity contribution in [1.29, 1.82) is 0 Å². The molecule has 0 spiro atoms. The third kappa shape index (κ3) is 4.56. The molecule has 0 aliphatic heterocycles. The van der Waals surface area contributed by atoms with Crippen molar-refractivity contribution in [3.63, 3.8) is 0 Å². The Morgan fingerprint density at radius 3 is 2.58 bits per heavy atom. The number of hydrogen-bond acceptors (Lipinski definition) is 3. The average molecular weight is 277 g/mol. The number of hydrogen-bond donors (Lipinski definition) is 2. The van der Waals surface area contributed by atoms with Crippen molar-refractivity contribution in [2.75, 3.05) is 6.61 Å². The largest absolute Gasteiger partial charge is 0.492 e. The van der Waals surface area contributed by atoms with E-state index in [-0.39, 0.29) is 6.04 Å². The maximum Gasteiger partial charge on any atom is 0.120 e. The Kier molecular flexibility index (Phi) is 5.21. The zero-order valence-electron chi connectivity index (χ0n) is 10.6. The molecular weight excluding hydrogens is 260 g/mol. The minimum absolute atomic E-state index is 0.0568. The summed E-state index contributed by atoms with van der Waals surface area (Å²) in [5.74, 6) is 6.31. The fourth-order valence-electron chi connectivity index (χ4n) is 1.82. The minimum atomic E-state index is 0.0568. The first-order valence-corrected chi connectivity index (χ1v) is 6.54. The van der Waals surface area contributed by atoms with Crippen molar-refractivity contribution in [1.82, 2.24) is 5.43 Å². The molecule has 0 aliphatic carbocycles. The smallest absolute Gasteiger partial charge is 0.120 e. The van der Waals surface area contributed by atoms with Crippen LogP contribution in [-0.2, 0) is 6.42 Å². The third-order valence-electron chi connectivity index (χ3n) is 2.81. The molecule has 0 heterocycles. The zero-order valence-corrected chi connectivity index (χ0v) is 11.3. The molecule has 0 saturated carbocycles. The number of ether oxygens (including phenoxy) is 1. The summed E-state index contributed by atoms with van der Waals surface area (Å²) in [7, 11) is 0. The molecule has 0 bridgehead atoms. The van der Waals surface area contributed by atoms with Gasteiger partial charge in [0.05, 0.1) is 6.04 Å². The van der Waals surface area contributed by atoms with Crippen LogP contribution in [-0.4, -0.2) is 12.6 Å². The van der Waals surface area contributed by atoms with Crippen molar-refractivity contribution >= 4 is 11.6 Å². The molecule has 1 unspecified atom stereocenters. The van der Waals surface area contributed by atoms with Gasteiger partial charge < -0.3 is 4.74 Å². The van der Waals surface area contributed by atoms with Gasteiger partial charge in [0.25, 0.3) is 0 Å². The van der Waals surface area contributed by atoms with Gasteiger partial charge in [0.15, 0.2) is 0 Å². The number of benzene rings is 2. The Hall–Kier alpha value is -1.55. The number of nitrogens with two attached hydrogens (primary N) is 1. The first-order chi connectivity index (χ1) is 9.28. The van der Waals surface area contributed by atoms with Crippen molar-refractivity contribution in [2.45, 2.75) is 12.5 Å². The molecule has 100 valence electrons. The molecular formula is C15H17ClN2O. The van der Waals surface area contributed by atoms with Gasteiger partial charge in [-0.15, -0.1) is 0 Å². The van der Waals surface area contributed by atoms with E-state index in [9.17, 15) is 0 Å². The molecule has 0 aromatic heterocycles. The van der Waals surface area contributed by atoms with Gasteiger partial charge in [0.1, 0.15) is 12.4 Å². The SMILES string of the molecule is NNC(COc1cccc(Cl)c1)Cc1ccccc1. The van der Waals surface area contributed by atoms with E-state index in [1.54, 1.807) is 6.07 Å². The highest BCUT2D eigenvalue weighted by Gasteiger charge is 2.08. The van der Waals surface area contributed by atoms with Crippen molar-refractivity contribution in [2.24, 2.45) is 5.84 Å². The molecule has 2 aromatic carbocycles. The molecule has 2 aromatic rings. The molecule has 19 heavy (non-hydrogen) atoms. The predicted molar refractivity (Wildman–Crippen MR) is 78.2 cm³/mol. The number of hydrazine groups is 1. The Morgan fingerprint density at radius 2 is 1.89 bits per heavy atom. The Labute approximate surface area is 118 Å². The van der Waals surface area contributed by atoms with Gasteiger partial charge in [0, 0.05) is 5.02 Å². The molecule has 0 aliphatic rings. The van der Waals surface area contributed by atoms with E-state index < -0.39 is 0 Å². The molecule has 3 N–H and O–H groups in total. The van der Waals surface area contributed by atoms with E-state index >= 15 is 0 Å². The van der Waals surface area contributed by atoms with Crippen LogP contribution in [0.1, 0.15) is 5.56 Å². The van der Waals surface area contributed by atoms with Crippen LogP contribution in [0.4, 0.5) is 0 Å². The van der Waals surface area contributed by atoms with E-state index in [1.807, 2.05) is 36.4 Å². The first-order valence-electron chi connectivity index (χ1n) is 6.16. The lowest BCUT2D eigenvalue weighted by Crippen LogP contribution is -2.41. The second-order valence-electron chi connectivity index (χ2n) is 4.32. The van der Waals surface area contributed by atoms with E-state index in [0.29, 0.717) is 11.6 Å². The second kappa shape index (κ2) is 7.14. The van der Waals surface area contributed by atoms with Crippen LogP contribution in [0, 0.1) is 0 Å². The minimum Gasteiger partial charge on any atom is -0.492 e. The molecule has 0 saturated heterocycles. The Balaban J connectivity index is 1.89. The highest BCUT2D eigenvalue weighted by Crippen LogP contribution is 2.17. The normalized spacial score (nSPS) is 12.1. The molecule has 0 fully saturated rings. The van der Waals surface area contributed by atoms with E-state index in [0.717, 1.165) is 12.2 Å². The number of rotatable bonds is 6. The summed E-state index contributed by atoms with van der Waals surface area (Å²) < 4.78 is 5.69. The Morgan fingerprint density at radius 1 is 1.11 bits per heavy atom. The predicted octanol–water partition coefficient (Wildman–Crippen LogP) is 2.79. The maximum atomic E-state index is 5.90. The third-order valence-corrected chi connectivity index (χ3v) is 3.04. The average Bonchev–Trinajstić information content (AvgIpc) is 2.44. The second-order valence-corrected chi connectivity index (χ2v) is 4.76. The standard InChI is InChI=1S/C15H17ClN2O/c16-13-7-4-8-15(10-13)19-11-14(18-17)9-12-5-2-1-3-6-12/h1-8,10,14,18H,9,11,17H2. The topological polar surface area (TPSA) is 47.3 Å². The highest BCUT2D eigenvalue weighted by atomic mass is 35.5. The number of halogens is 1. The quantitative estimate of drug-likeness (QED) is 0.630. The van der Waals surface area contributed by atoms with E-state index in [1.165, 1.54) is 5.56 Å². The fraction of sp³-hybridized carbons (Fsp3) is 0.200. The van der Waals surface area contributed by atoms with Crippen LogP contribution in [0.2, 0.25) is 5.02 Å². The summed E-state index contributed by atoms with van der Waals surface area (Å²) in [6.07, 6.45) is 0.817. The molecule has 2 rings (SSSR count). The summed E-state index contributed by atoms with van der Waals surface area (Å²) in [6, 6.07) is 17.6. The van der Waals surface area contributed by atoms with Gasteiger partial charge >= 0.3 is 0 Å². The molecule has 3 nitrogen and oxygen atoms in total. The van der Waals surface area contributed by atoms with Gasteiger partial charge in [-0.1, -0.05) is 48.0 Å². The van der Waals surface area contributed by atoms with Gasteiger partial charge in [-0.3, -0.25) is 11.3 Å². The molecule has 4 heteroatoms. The van der Waals surface area contributed by atoms with Gasteiger partial charge in [-0.05, 0) is 30.2 Å². The lowest BCUT2D eigenvalue weighted by atomic mass is 10.1. The first kappa shape index (κ1) is 13.9. The van der Waals surface area contributed by atoms with Crippen molar-refractivity contribution < 1.29 is 4.74 Å². The summed E-state index contributed by atoms with van der Waals surface area (Å²) in [4.78, 5) is 0. The Bertz CT molecular complexity index is 505. The number of nitrogens with one attached hydrogen (secondary N) is 1. The van der Waals surface area contributed by atoms with Crippen LogP contribution in [0.25, 0.3) is 0 Å². The molecule has 0 radical (unpaired) electrons. The summed E-state index contributed by atoms with van der Waals surface area (Å²) in [5, 5.41) is 0.665. The molecule has 0 amide bonds. The zero-order chi connectivity index (χ0) is 13.5. The van der Waals surface area contributed by atoms with Crippen molar-refractivity contribution in [3.05, 3.63) is 65.2 Å². The highest BCUT2D eigenvalue weighted by molar-refractivity contribution is 6.30. The van der Waals surface area contributed by atoms with Crippen LogP contribution < -0.4 is 16.0 Å². The summed E-state index contributed by atoms with van der Waals surface area (Å²) in [6.45, 7) is 0.492. The molecule has 1 atom stereocenters. The van der Waals surface area contributed by atoms with Gasteiger partial charge in [0.2, 0.25) is 0 Å². The van der Waals surface area contributed by atoms with E-state index in [2.05, 4.69) is 17.6 Å². The summed E-state index contributed by atoms with van der Waals surface area (Å²) >= 11 is 5.90. The van der Waals surface area contributed by atoms with Crippen LogP contribution in [0.15, 0.2) is 54.6 Å². The lowest BCUT2D eigenvalue weighted by Gasteiger charge is -2.17. The van der Waals surface area contributed by atoms with Crippen molar-refractivity contribution in [3.8, 4) is 5.75 Å². The van der Waals surface area contributed by atoms with E-state index in [4.69, 9.17) is 22.2 Å². The monoisotopic (exact) mass is 276 g/mol. The van der Waals surface area contributed by atoms with Gasteiger partial charge in [-0.25, -0.2) is 0 Å². The lowest BCUT2D eigenvalue weighted by molar-refractivity contribution is 0.264. The van der Waals surface area contributed by atoms with Crippen LogP contribution in [0.3, 0.4) is 0 Å². The fourth-order valence-corrected chi connectivity index (χ4v) is 2.00. The van der Waals surface area contributed by atoms with Crippen LogP contribution >= 0.6 is 11.6 Å². The summed E-state index contributed by atoms with van der Waals surface area (Å²) in [5.41, 5.74) is 4.00.